The van der Waals surface area contributed by atoms with Crippen LogP contribution in [0.2, 0.25) is 0 Å². The van der Waals surface area contributed by atoms with Gasteiger partial charge in [-0.05, 0) is 48.3 Å². The van der Waals surface area contributed by atoms with E-state index < -0.39 is 0 Å². The summed E-state index contributed by atoms with van der Waals surface area (Å²) in [7, 11) is 0. The van der Waals surface area contributed by atoms with Crippen molar-refractivity contribution in [2.75, 3.05) is 6.61 Å². The molecule has 0 saturated heterocycles. The summed E-state index contributed by atoms with van der Waals surface area (Å²) in [5, 5.41) is 1.27. The van der Waals surface area contributed by atoms with E-state index in [1.807, 2.05) is 0 Å². The number of benzene rings is 1. The topological polar surface area (TPSA) is 25.0 Å². The van der Waals surface area contributed by atoms with Crippen LogP contribution in [0.3, 0.4) is 0 Å². The van der Waals surface area contributed by atoms with Crippen LogP contribution in [-0.2, 0) is 0 Å². The Morgan fingerprint density at radius 3 is 2.74 bits per heavy atom. The van der Waals surface area contributed by atoms with Gasteiger partial charge in [0.15, 0.2) is 0 Å². The quantitative estimate of drug-likeness (QED) is 0.831. The van der Waals surface area contributed by atoms with Gasteiger partial charge in [0.05, 0.1) is 6.61 Å². The van der Waals surface area contributed by atoms with Crippen molar-refractivity contribution in [3.8, 4) is 5.75 Å². The first kappa shape index (κ1) is 12.6. The first-order valence-corrected chi connectivity index (χ1v) is 7.48. The molecular weight excluding hydrogens is 234 g/mol. The van der Waals surface area contributed by atoms with Crippen LogP contribution in [-0.4, -0.2) is 11.6 Å². The second-order valence-corrected chi connectivity index (χ2v) is 6.09. The first-order chi connectivity index (χ1) is 9.22. The van der Waals surface area contributed by atoms with Gasteiger partial charge in [-0.15, -0.1) is 0 Å². The van der Waals surface area contributed by atoms with E-state index in [0.717, 1.165) is 18.3 Å². The Kier molecular flexibility index (Phi) is 3.50. The highest BCUT2D eigenvalue weighted by molar-refractivity contribution is 5.82. The number of hydrogen-bond donors (Lipinski definition) is 1. The van der Waals surface area contributed by atoms with Gasteiger partial charge in [-0.1, -0.05) is 26.7 Å². The predicted octanol–water partition coefficient (Wildman–Crippen LogP) is 4.86. The second kappa shape index (κ2) is 5.28. The van der Waals surface area contributed by atoms with E-state index >= 15 is 0 Å². The third-order valence-electron chi connectivity index (χ3n) is 4.20. The molecule has 1 aliphatic carbocycles. The third kappa shape index (κ3) is 2.78. The summed E-state index contributed by atoms with van der Waals surface area (Å²) in [6.45, 7) is 5.30. The summed E-state index contributed by atoms with van der Waals surface area (Å²) in [4.78, 5) is 3.48. The number of rotatable bonds is 4. The maximum atomic E-state index is 5.95. The van der Waals surface area contributed by atoms with Crippen LogP contribution in [0.4, 0.5) is 0 Å². The molecule has 1 fully saturated rings. The lowest BCUT2D eigenvalue weighted by Crippen LogP contribution is -2.07. The molecule has 102 valence electrons. The fourth-order valence-corrected chi connectivity index (χ4v) is 2.92. The molecule has 2 heteroatoms. The minimum absolute atomic E-state index is 0.537. The SMILES string of the molecule is CC(C)c1cc2ccc(OCC3CCCC3)cc2[nH]1. The Hall–Kier alpha value is -1.44. The Labute approximate surface area is 115 Å². The molecule has 19 heavy (non-hydrogen) atoms. The third-order valence-corrected chi connectivity index (χ3v) is 4.20. The fourth-order valence-electron chi connectivity index (χ4n) is 2.92. The van der Waals surface area contributed by atoms with Crippen molar-refractivity contribution in [1.82, 2.24) is 4.98 Å². The highest BCUT2D eigenvalue weighted by Crippen LogP contribution is 2.28. The zero-order valence-electron chi connectivity index (χ0n) is 11.9. The minimum atomic E-state index is 0.537. The van der Waals surface area contributed by atoms with Gasteiger partial charge in [0, 0.05) is 17.3 Å². The zero-order valence-corrected chi connectivity index (χ0v) is 11.9. The van der Waals surface area contributed by atoms with Gasteiger partial charge in [-0.3, -0.25) is 0 Å². The van der Waals surface area contributed by atoms with Crippen LogP contribution in [0.15, 0.2) is 24.3 Å². The molecule has 0 bridgehead atoms. The molecule has 0 atom stereocenters. The standard InChI is InChI=1S/C17H23NO/c1-12(2)16-9-14-7-8-15(10-17(14)18-16)19-11-13-5-3-4-6-13/h7-10,12-13,18H,3-6,11H2,1-2H3. The Morgan fingerprint density at radius 2 is 2.00 bits per heavy atom. The minimum Gasteiger partial charge on any atom is -0.493 e. The van der Waals surface area contributed by atoms with Gasteiger partial charge in [0.1, 0.15) is 5.75 Å². The van der Waals surface area contributed by atoms with E-state index in [4.69, 9.17) is 4.74 Å². The Morgan fingerprint density at radius 1 is 1.21 bits per heavy atom. The highest BCUT2D eigenvalue weighted by atomic mass is 16.5. The molecule has 0 radical (unpaired) electrons. The molecule has 1 aromatic heterocycles. The van der Waals surface area contributed by atoms with Crippen LogP contribution in [0, 0.1) is 5.92 Å². The predicted molar refractivity (Wildman–Crippen MR) is 79.8 cm³/mol. The van der Waals surface area contributed by atoms with Gasteiger partial charge in [-0.2, -0.15) is 0 Å². The molecule has 1 aromatic carbocycles. The summed E-state index contributed by atoms with van der Waals surface area (Å²) >= 11 is 0. The van der Waals surface area contributed by atoms with Gasteiger partial charge in [0.25, 0.3) is 0 Å². The zero-order chi connectivity index (χ0) is 13.2. The fraction of sp³-hybridized carbons (Fsp3) is 0.529. The summed E-state index contributed by atoms with van der Waals surface area (Å²) in [5.41, 5.74) is 2.48. The lowest BCUT2D eigenvalue weighted by atomic mass is 10.1. The summed E-state index contributed by atoms with van der Waals surface area (Å²) in [6.07, 6.45) is 5.42. The maximum Gasteiger partial charge on any atom is 0.121 e. The lowest BCUT2D eigenvalue weighted by molar-refractivity contribution is 0.252. The van der Waals surface area contributed by atoms with Gasteiger partial charge < -0.3 is 9.72 Å². The number of aromatic amines is 1. The van der Waals surface area contributed by atoms with E-state index in [-0.39, 0.29) is 0 Å². The van der Waals surface area contributed by atoms with Crippen LogP contribution in [0.25, 0.3) is 10.9 Å². The average molecular weight is 257 g/mol. The van der Waals surface area contributed by atoms with Crippen molar-refractivity contribution in [1.29, 1.82) is 0 Å². The molecule has 3 rings (SSSR count). The van der Waals surface area contributed by atoms with Crippen molar-refractivity contribution in [3.05, 3.63) is 30.0 Å². The molecule has 2 nitrogen and oxygen atoms in total. The van der Waals surface area contributed by atoms with Crippen molar-refractivity contribution in [3.63, 3.8) is 0 Å². The molecule has 0 aliphatic heterocycles. The Balaban J connectivity index is 1.73. The van der Waals surface area contributed by atoms with Gasteiger partial charge in [0.2, 0.25) is 0 Å². The second-order valence-electron chi connectivity index (χ2n) is 6.09. The van der Waals surface area contributed by atoms with Gasteiger partial charge in [-0.25, -0.2) is 0 Å². The van der Waals surface area contributed by atoms with E-state index in [1.54, 1.807) is 0 Å². The normalized spacial score (nSPS) is 16.6. The molecular formula is C17H23NO. The van der Waals surface area contributed by atoms with E-state index in [9.17, 15) is 0 Å². The van der Waals surface area contributed by atoms with Crippen molar-refractivity contribution in [2.45, 2.75) is 45.4 Å². The van der Waals surface area contributed by atoms with Crippen LogP contribution in [0.5, 0.6) is 5.75 Å². The molecule has 0 spiro atoms. The van der Waals surface area contributed by atoms with Crippen molar-refractivity contribution in [2.24, 2.45) is 5.92 Å². The first-order valence-electron chi connectivity index (χ1n) is 7.48. The summed E-state index contributed by atoms with van der Waals surface area (Å²) in [5.74, 6) is 2.30. The number of hydrogen-bond acceptors (Lipinski definition) is 1. The van der Waals surface area contributed by atoms with Crippen LogP contribution in [0.1, 0.15) is 51.1 Å². The van der Waals surface area contributed by atoms with Crippen LogP contribution >= 0.6 is 0 Å². The van der Waals surface area contributed by atoms with E-state index in [2.05, 4.69) is 43.1 Å². The smallest absolute Gasteiger partial charge is 0.121 e. The molecule has 0 amide bonds. The van der Waals surface area contributed by atoms with Crippen molar-refractivity contribution < 1.29 is 4.74 Å². The summed E-state index contributed by atoms with van der Waals surface area (Å²) in [6, 6.07) is 8.62. The molecule has 2 aromatic rings. The average Bonchev–Trinajstić information content (AvgIpc) is 3.04. The number of aromatic nitrogens is 1. The molecule has 1 heterocycles. The number of ether oxygens (including phenoxy) is 1. The monoisotopic (exact) mass is 257 g/mol. The largest absolute Gasteiger partial charge is 0.493 e. The number of nitrogens with one attached hydrogen (secondary N) is 1. The summed E-state index contributed by atoms with van der Waals surface area (Å²) < 4.78 is 5.95. The molecule has 1 saturated carbocycles. The number of fused-ring (bicyclic) bond motifs is 1. The van der Waals surface area contributed by atoms with E-state index in [1.165, 1.54) is 42.3 Å². The Bertz CT molecular complexity index is 549. The maximum absolute atomic E-state index is 5.95. The highest BCUT2D eigenvalue weighted by Gasteiger charge is 2.15. The van der Waals surface area contributed by atoms with E-state index in [0.29, 0.717) is 5.92 Å². The van der Waals surface area contributed by atoms with Crippen LogP contribution < -0.4 is 4.74 Å². The number of H-pyrrole nitrogens is 1. The lowest BCUT2D eigenvalue weighted by Gasteiger charge is -2.11. The van der Waals surface area contributed by atoms with Gasteiger partial charge >= 0.3 is 0 Å². The molecule has 1 aliphatic rings. The molecule has 1 N–H and O–H groups in total. The molecule has 0 unspecified atom stereocenters. The van der Waals surface area contributed by atoms with Crippen molar-refractivity contribution >= 4 is 10.9 Å².